The van der Waals surface area contributed by atoms with Gasteiger partial charge < -0.3 is 10.2 Å². The fraction of sp³-hybridized carbons (Fsp3) is 0.611. The Morgan fingerprint density at radius 1 is 1.26 bits per heavy atom. The Labute approximate surface area is 136 Å². The summed E-state index contributed by atoms with van der Waals surface area (Å²) in [6.45, 7) is 3.67. The Bertz CT molecular complexity index is 548. The van der Waals surface area contributed by atoms with Gasteiger partial charge in [-0.3, -0.25) is 4.79 Å². The number of benzene rings is 1. The van der Waals surface area contributed by atoms with Crippen LogP contribution in [0.2, 0.25) is 0 Å². The molecule has 1 aromatic rings. The van der Waals surface area contributed by atoms with E-state index in [1.165, 1.54) is 18.2 Å². The molecule has 1 saturated carbocycles. The first-order valence-corrected chi connectivity index (χ1v) is 8.52. The first kappa shape index (κ1) is 16.4. The van der Waals surface area contributed by atoms with E-state index < -0.39 is 11.6 Å². The first-order valence-electron chi connectivity index (χ1n) is 8.52. The molecule has 3 nitrogen and oxygen atoms in total. The van der Waals surface area contributed by atoms with Crippen molar-refractivity contribution in [3.05, 3.63) is 35.4 Å². The van der Waals surface area contributed by atoms with Crippen LogP contribution in [-0.4, -0.2) is 29.9 Å². The van der Waals surface area contributed by atoms with Gasteiger partial charge in [0.05, 0.1) is 6.54 Å². The molecule has 1 saturated heterocycles. The molecule has 1 atom stereocenters. The van der Waals surface area contributed by atoms with E-state index in [0.717, 1.165) is 38.8 Å². The molecule has 0 spiro atoms. The van der Waals surface area contributed by atoms with Crippen LogP contribution < -0.4 is 5.32 Å². The highest BCUT2D eigenvalue weighted by atomic mass is 19.1. The molecule has 5 heteroatoms. The Hall–Kier alpha value is -1.49. The van der Waals surface area contributed by atoms with Crippen LogP contribution in [0.15, 0.2) is 18.2 Å². The maximum absolute atomic E-state index is 14.0. The number of hydrogen-bond acceptors (Lipinski definition) is 2. The molecular weight excluding hydrogens is 298 g/mol. The molecule has 3 rings (SSSR count). The van der Waals surface area contributed by atoms with E-state index in [-0.39, 0.29) is 30.0 Å². The van der Waals surface area contributed by atoms with Crippen molar-refractivity contribution in [2.45, 2.75) is 45.2 Å². The molecule has 1 N–H and O–H groups in total. The Morgan fingerprint density at radius 3 is 2.39 bits per heavy atom. The van der Waals surface area contributed by atoms with Gasteiger partial charge in [-0.2, -0.15) is 0 Å². The smallest absolute Gasteiger partial charge is 0.226 e. The van der Waals surface area contributed by atoms with Crippen molar-refractivity contribution in [1.29, 1.82) is 0 Å². The van der Waals surface area contributed by atoms with Crippen LogP contribution in [0.4, 0.5) is 8.78 Å². The maximum atomic E-state index is 14.0. The summed E-state index contributed by atoms with van der Waals surface area (Å²) in [6.07, 6.45) is 4.01. The van der Waals surface area contributed by atoms with E-state index in [1.807, 2.05) is 6.92 Å². The minimum Gasteiger partial charge on any atom is -0.335 e. The number of nitrogens with one attached hydrogen (secondary N) is 1. The van der Waals surface area contributed by atoms with Crippen molar-refractivity contribution in [1.82, 2.24) is 10.2 Å². The monoisotopic (exact) mass is 322 g/mol. The van der Waals surface area contributed by atoms with E-state index in [4.69, 9.17) is 0 Å². The first-order chi connectivity index (χ1) is 11.1. The zero-order valence-electron chi connectivity index (χ0n) is 13.5. The second kappa shape index (κ2) is 6.95. The molecule has 1 heterocycles. The fourth-order valence-corrected chi connectivity index (χ4v) is 3.58. The quantitative estimate of drug-likeness (QED) is 0.903. The SMILES string of the molecule is CC(C(=O)N(Cc1c(F)cccc1F)C1CCCC1)C1CNC1. The molecule has 1 aromatic carbocycles. The van der Waals surface area contributed by atoms with Gasteiger partial charge in [0.15, 0.2) is 0 Å². The molecule has 1 amide bonds. The summed E-state index contributed by atoms with van der Waals surface area (Å²) >= 11 is 0. The minimum absolute atomic E-state index is 0.00619. The second-order valence-electron chi connectivity index (χ2n) is 6.81. The van der Waals surface area contributed by atoms with Crippen molar-refractivity contribution in [2.24, 2.45) is 11.8 Å². The highest BCUT2D eigenvalue weighted by Crippen LogP contribution is 2.29. The summed E-state index contributed by atoms with van der Waals surface area (Å²) in [7, 11) is 0. The molecule has 0 aromatic heterocycles. The van der Waals surface area contributed by atoms with Gasteiger partial charge in [-0.1, -0.05) is 25.8 Å². The van der Waals surface area contributed by atoms with Crippen molar-refractivity contribution in [3.8, 4) is 0 Å². The predicted molar refractivity (Wildman–Crippen MR) is 84.7 cm³/mol. The number of hydrogen-bond donors (Lipinski definition) is 1. The van der Waals surface area contributed by atoms with E-state index in [0.29, 0.717) is 5.92 Å². The normalized spacial score (nSPS) is 20.3. The second-order valence-corrected chi connectivity index (χ2v) is 6.81. The summed E-state index contributed by atoms with van der Waals surface area (Å²) in [4.78, 5) is 14.7. The molecule has 1 unspecified atom stereocenters. The van der Waals surface area contributed by atoms with Crippen LogP contribution in [-0.2, 0) is 11.3 Å². The van der Waals surface area contributed by atoms with Crippen molar-refractivity contribution >= 4 is 5.91 Å². The molecule has 1 aliphatic carbocycles. The van der Waals surface area contributed by atoms with E-state index in [1.54, 1.807) is 4.90 Å². The van der Waals surface area contributed by atoms with Crippen LogP contribution >= 0.6 is 0 Å². The average molecular weight is 322 g/mol. The standard InChI is InChI=1S/C18H24F2N2O/c1-12(13-9-21-10-13)18(23)22(14-5-2-3-6-14)11-15-16(19)7-4-8-17(15)20/h4,7-8,12-14,21H,2-3,5-6,9-11H2,1H3. The largest absolute Gasteiger partial charge is 0.335 e. The Balaban J connectivity index is 1.81. The van der Waals surface area contributed by atoms with Gasteiger partial charge in [0.25, 0.3) is 0 Å². The van der Waals surface area contributed by atoms with E-state index in [9.17, 15) is 13.6 Å². The van der Waals surface area contributed by atoms with Crippen molar-refractivity contribution < 1.29 is 13.6 Å². The van der Waals surface area contributed by atoms with Gasteiger partial charge in [0.1, 0.15) is 11.6 Å². The highest BCUT2D eigenvalue weighted by Gasteiger charge is 2.35. The molecular formula is C18H24F2N2O. The number of nitrogens with zero attached hydrogens (tertiary/aromatic N) is 1. The van der Waals surface area contributed by atoms with Gasteiger partial charge in [0, 0.05) is 17.5 Å². The number of halogens is 2. The molecule has 126 valence electrons. The van der Waals surface area contributed by atoms with Gasteiger partial charge in [-0.25, -0.2) is 8.78 Å². The number of carbonyl (C=O) groups is 1. The van der Waals surface area contributed by atoms with Gasteiger partial charge >= 0.3 is 0 Å². The third-order valence-corrected chi connectivity index (χ3v) is 5.35. The lowest BCUT2D eigenvalue weighted by Crippen LogP contribution is -2.51. The topological polar surface area (TPSA) is 32.3 Å². The Morgan fingerprint density at radius 2 is 1.87 bits per heavy atom. The fourth-order valence-electron chi connectivity index (χ4n) is 3.58. The Kier molecular flexibility index (Phi) is 4.95. The van der Waals surface area contributed by atoms with Crippen LogP contribution in [0.5, 0.6) is 0 Å². The summed E-state index contributed by atoms with van der Waals surface area (Å²) in [5.41, 5.74) is 0.00619. The number of carbonyl (C=O) groups excluding carboxylic acids is 1. The van der Waals surface area contributed by atoms with E-state index >= 15 is 0 Å². The predicted octanol–water partition coefficient (Wildman–Crippen LogP) is 3.09. The van der Waals surface area contributed by atoms with Crippen molar-refractivity contribution in [2.75, 3.05) is 13.1 Å². The van der Waals surface area contributed by atoms with Crippen LogP contribution in [0.25, 0.3) is 0 Å². The number of amides is 1. The highest BCUT2D eigenvalue weighted by molar-refractivity contribution is 5.79. The summed E-state index contributed by atoms with van der Waals surface area (Å²) in [5, 5.41) is 3.18. The molecule has 23 heavy (non-hydrogen) atoms. The molecule has 2 fully saturated rings. The lowest BCUT2D eigenvalue weighted by Gasteiger charge is -2.37. The van der Waals surface area contributed by atoms with Gasteiger partial charge in [-0.05, 0) is 44.0 Å². The number of rotatable bonds is 5. The van der Waals surface area contributed by atoms with Crippen LogP contribution in [0.1, 0.15) is 38.2 Å². The van der Waals surface area contributed by atoms with Gasteiger partial charge in [0.2, 0.25) is 5.91 Å². The third-order valence-electron chi connectivity index (χ3n) is 5.35. The minimum atomic E-state index is -0.571. The third kappa shape index (κ3) is 3.39. The lowest BCUT2D eigenvalue weighted by molar-refractivity contribution is -0.140. The van der Waals surface area contributed by atoms with E-state index in [2.05, 4.69) is 5.32 Å². The van der Waals surface area contributed by atoms with Crippen LogP contribution in [0, 0.1) is 23.5 Å². The lowest BCUT2D eigenvalue weighted by atomic mass is 9.87. The molecule has 1 aliphatic heterocycles. The maximum Gasteiger partial charge on any atom is 0.226 e. The summed E-state index contributed by atoms with van der Waals surface area (Å²) in [5.74, 6) is -0.882. The average Bonchev–Trinajstić information content (AvgIpc) is 2.98. The zero-order chi connectivity index (χ0) is 16.4. The summed E-state index contributed by atoms with van der Waals surface area (Å²) < 4.78 is 28.0. The van der Waals surface area contributed by atoms with Gasteiger partial charge in [-0.15, -0.1) is 0 Å². The zero-order valence-corrected chi connectivity index (χ0v) is 13.5. The molecule has 0 radical (unpaired) electrons. The van der Waals surface area contributed by atoms with Crippen molar-refractivity contribution in [3.63, 3.8) is 0 Å². The summed E-state index contributed by atoms with van der Waals surface area (Å²) in [6, 6.07) is 3.99. The molecule has 0 bridgehead atoms. The molecule has 2 aliphatic rings. The van der Waals surface area contributed by atoms with Crippen LogP contribution in [0.3, 0.4) is 0 Å².